The smallest absolute Gasteiger partial charge is 0.253 e. The number of carbonyl (C=O) groups is 1. The number of hydrogen-bond donors (Lipinski definition) is 1. The maximum atomic E-state index is 12.5. The van der Waals surface area contributed by atoms with Gasteiger partial charge in [-0.05, 0) is 48.7 Å². The predicted molar refractivity (Wildman–Crippen MR) is 88.2 cm³/mol. The van der Waals surface area contributed by atoms with Crippen molar-refractivity contribution in [2.45, 2.75) is 13.3 Å². The molecule has 0 aliphatic rings. The largest absolute Gasteiger partial charge is 0.398 e. The summed E-state index contributed by atoms with van der Waals surface area (Å²) in [5, 5.41) is 0. The van der Waals surface area contributed by atoms with E-state index in [0.29, 0.717) is 17.8 Å². The first-order valence-electron chi connectivity index (χ1n) is 6.69. The number of anilines is 1. The lowest BCUT2D eigenvalue weighted by molar-refractivity contribution is 0.0796. The summed E-state index contributed by atoms with van der Waals surface area (Å²) < 4.78 is 0.816. The van der Waals surface area contributed by atoms with Gasteiger partial charge in [0.2, 0.25) is 0 Å². The Hall–Kier alpha value is -1.88. The van der Waals surface area contributed by atoms with Crippen molar-refractivity contribution in [3.05, 3.63) is 57.8 Å². The minimum absolute atomic E-state index is 0.0189. The molecule has 1 aromatic carbocycles. The maximum absolute atomic E-state index is 12.5. The summed E-state index contributed by atoms with van der Waals surface area (Å²) in [4.78, 5) is 18.2. The fraction of sp³-hybridized carbons (Fsp3) is 0.250. The number of benzene rings is 1. The number of carbonyl (C=O) groups excluding carboxylic acids is 1. The van der Waals surface area contributed by atoms with Crippen molar-refractivity contribution in [1.29, 1.82) is 0 Å². The van der Waals surface area contributed by atoms with Crippen LogP contribution >= 0.6 is 15.9 Å². The average Bonchev–Trinajstić information content (AvgIpc) is 2.48. The van der Waals surface area contributed by atoms with Crippen LogP contribution in [0.1, 0.15) is 21.5 Å². The molecule has 110 valence electrons. The van der Waals surface area contributed by atoms with Crippen molar-refractivity contribution in [2.75, 3.05) is 19.3 Å². The zero-order valence-electron chi connectivity index (χ0n) is 12.1. The number of pyridine rings is 1. The summed E-state index contributed by atoms with van der Waals surface area (Å²) in [5.74, 6) is -0.0189. The van der Waals surface area contributed by atoms with E-state index in [-0.39, 0.29) is 5.91 Å². The van der Waals surface area contributed by atoms with Crippen LogP contribution in [-0.4, -0.2) is 29.4 Å². The summed E-state index contributed by atoms with van der Waals surface area (Å²) in [6.07, 6.45) is 4.32. The van der Waals surface area contributed by atoms with Crippen molar-refractivity contribution in [2.24, 2.45) is 0 Å². The van der Waals surface area contributed by atoms with Crippen molar-refractivity contribution in [1.82, 2.24) is 9.88 Å². The Morgan fingerprint density at radius 1 is 1.33 bits per heavy atom. The molecule has 5 heteroatoms. The molecule has 0 saturated carbocycles. The zero-order chi connectivity index (χ0) is 15.4. The van der Waals surface area contributed by atoms with Crippen molar-refractivity contribution >= 4 is 27.5 Å². The molecule has 0 aliphatic heterocycles. The Balaban J connectivity index is 2.09. The van der Waals surface area contributed by atoms with Crippen LogP contribution in [0.3, 0.4) is 0 Å². The highest BCUT2D eigenvalue weighted by Gasteiger charge is 2.16. The molecule has 1 aromatic heterocycles. The molecule has 1 amide bonds. The van der Waals surface area contributed by atoms with Gasteiger partial charge >= 0.3 is 0 Å². The second-order valence-corrected chi connectivity index (χ2v) is 5.92. The standard InChI is InChI=1S/C16H18BrN3O/c1-11-14(9-13(17)10-15(11)18)16(21)20(2)8-5-12-3-6-19-7-4-12/h3-4,6-7,9-10H,5,8,18H2,1-2H3. The van der Waals surface area contributed by atoms with E-state index in [2.05, 4.69) is 20.9 Å². The average molecular weight is 348 g/mol. The Bertz CT molecular complexity index is 643. The molecule has 0 fully saturated rings. The van der Waals surface area contributed by atoms with Crippen LogP contribution in [0.5, 0.6) is 0 Å². The summed E-state index contributed by atoms with van der Waals surface area (Å²) >= 11 is 3.38. The molecule has 0 aliphatic carbocycles. The van der Waals surface area contributed by atoms with E-state index in [1.165, 1.54) is 0 Å². The minimum atomic E-state index is -0.0189. The maximum Gasteiger partial charge on any atom is 0.253 e. The van der Waals surface area contributed by atoms with Crippen LogP contribution in [0.25, 0.3) is 0 Å². The number of aromatic nitrogens is 1. The van der Waals surface area contributed by atoms with Gasteiger partial charge in [-0.15, -0.1) is 0 Å². The molecular formula is C16H18BrN3O. The van der Waals surface area contributed by atoms with Crippen LogP contribution in [0.15, 0.2) is 41.1 Å². The fourth-order valence-electron chi connectivity index (χ4n) is 2.08. The van der Waals surface area contributed by atoms with Crippen LogP contribution in [0.4, 0.5) is 5.69 Å². The molecule has 0 unspecified atom stereocenters. The van der Waals surface area contributed by atoms with E-state index < -0.39 is 0 Å². The number of nitrogens with two attached hydrogens (primary N) is 1. The first kappa shape index (κ1) is 15.5. The molecular weight excluding hydrogens is 330 g/mol. The Labute approximate surface area is 133 Å². The first-order valence-corrected chi connectivity index (χ1v) is 7.48. The number of nitrogens with zero attached hydrogens (tertiary/aromatic N) is 2. The number of halogens is 1. The fourth-order valence-corrected chi connectivity index (χ4v) is 2.55. The monoisotopic (exact) mass is 347 g/mol. The SMILES string of the molecule is Cc1c(N)cc(Br)cc1C(=O)N(C)CCc1ccncc1. The summed E-state index contributed by atoms with van der Waals surface area (Å²) in [6, 6.07) is 7.54. The lowest BCUT2D eigenvalue weighted by Crippen LogP contribution is -2.29. The predicted octanol–water partition coefficient (Wildman–Crippen LogP) is 3.05. The number of rotatable bonds is 4. The van der Waals surface area contributed by atoms with Gasteiger partial charge in [0.25, 0.3) is 5.91 Å². The number of hydrogen-bond acceptors (Lipinski definition) is 3. The minimum Gasteiger partial charge on any atom is -0.398 e. The van der Waals surface area contributed by atoms with Crippen LogP contribution < -0.4 is 5.73 Å². The number of likely N-dealkylation sites (N-methyl/N-ethyl adjacent to an activating group) is 1. The summed E-state index contributed by atoms with van der Waals surface area (Å²) in [5.41, 5.74) is 9.16. The molecule has 2 aromatic rings. The molecule has 4 nitrogen and oxygen atoms in total. The van der Waals surface area contributed by atoms with Gasteiger partial charge in [-0.1, -0.05) is 15.9 Å². The Kier molecular flexibility index (Phi) is 4.96. The molecule has 0 spiro atoms. The Morgan fingerprint density at radius 2 is 2.00 bits per heavy atom. The van der Waals surface area contributed by atoms with E-state index in [9.17, 15) is 4.79 Å². The van der Waals surface area contributed by atoms with Crippen LogP contribution in [0, 0.1) is 6.92 Å². The van der Waals surface area contributed by atoms with Gasteiger partial charge in [0.05, 0.1) is 0 Å². The van der Waals surface area contributed by atoms with Gasteiger partial charge in [0.15, 0.2) is 0 Å². The van der Waals surface area contributed by atoms with Gasteiger partial charge in [0, 0.05) is 41.7 Å². The zero-order valence-corrected chi connectivity index (χ0v) is 13.7. The lowest BCUT2D eigenvalue weighted by atomic mass is 10.1. The van der Waals surface area contributed by atoms with Gasteiger partial charge in [-0.3, -0.25) is 9.78 Å². The molecule has 1 heterocycles. The first-order chi connectivity index (χ1) is 9.99. The van der Waals surface area contributed by atoms with E-state index in [0.717, 1.165) is 22.0 Å². The van der Waals surface area contributed by atoms with E-state index in [1.54, 1.807) is 24.3 Å². The summed E-state index contributed by atoms with van der Waals surface area (Å²) in [7, 11) is 1.81. The molecule has 2 rings (SSSR count). The highest BCUT2D eigenvalue weighted by Crippen LogP contribution is 2.23. The van der Waals surface area contributed by atoms with Crippen molar-refractivity contribution in [3.8, 4) is 0 Å². The lowest BCUT2D eigenvalue weighted by Gasteiger charge is -2.19. The van der Waals surface area contributed by atoms with Crippen LogP contribution in [-0.2, 0) is 6.42 Å². The third kappa shape index (κ3) is 3.82. The van der Waals surface area contributed by atoms with E-state index in [4.69, 9.17) is 5.73 Å². The number of nitrogen functional groups attached to an aromatic ring is 1. The molecule has 21 heavy (non-hydrogen) atoms. The Morgan fingerprint density at radius 3 is 2.67 bits per heavy atom. The van der Waals surface area contributed by atoms with E-state index in [1.807, 2.05) is 31.2 Å². The number of amides is 1. The summed E-state index contributed by atoms with van der Waals surface area (Å²) in [6.45, 7) is 2.51. The second kappa shape index (κ2) is 6.72. The highest BCUT2D eigenvalue weighted by atomic mass is 79.9. The van der Waals surface area contributed by atoms with E-state index >= 15 is 0 Å². The molecule has 0 atom stereocenters. The van der Waals surface area contributed by atoms with Gasteiger partial charge < -0.3 is 10.6 Å². The molecule has 0 saturated heterocycles. The third-order valence-electron chi connectivity index (χ3n) is 3.47. The highest BCUT2D eigenvalue weighted by molar-refractivity contribution is 9.10. The molecule has 0 radical (unpaired) electrons. The quantitative estimate of drug-likeness (QED) is 0.864. The van der Waals surface area contributed by atoms with Gasteiger partial charge in [-0.2, -0.15) is 0 Å². The van der Waals surface area contributed by atoms with Gasteiger partial charge in [-0.25, -0.2) is 0 Å². The van der Waals surface area contributed by atoms with Crippen molar-refractivity contribution in [3.63, 3.8) is 0 Å². The normalized spacial score (nSPS) is 10.4. The van der Waals surface area contributed by atoms with Crippen LogP contribution in [0.2, 0.25) is 0 Å². The second-order valence-electron chi connectivity index (χ2n) is 5.00. The third-order valence-corrected chi connectivity index (χ3v) is 3.93. The molecule has 0 bridgehead atoms. The topological polar surface area (TPSA) is 59.2 Å². The van der Waals surface area contributed by atoms with Crippen molar-refractivity contribution < 1.29 is 4.79 Å². The molecule has 2 N–H and O–H groups in total. The van der Waals surface area contributed by atoms with Gasteiger partial charge in [0.1, 0.15) is 0 Å².